The summed E-state index contributed by atoms with van der Waals surface area (Å²) in [5.74, 6) is -0.910. The maximum atomic E-state index is 13.8. The van der Waals surface area contributed by atoms with E-state index in [-0.39, 0.29) is 11.4 Å². The molecule has 0 fully saturated rings. The number of non-ortho nitro benzene ring substituents is 1. The van der Waals surface area contributed by atoms with Crippen molar-refractivity contribution in [1.29, 1.82) is 0 Å². The molecule has 28 heavy (non-hydrogen) atoms. The molecule has 0 saturated carbocycles. The van der Waals surface area contributed by atoms with Crippen molar-refractivity contribution in [3.8, 4) is 16.9 Å². The normalized spacial score (nSPS) is 11.5. The van der Waals surface area contributed by atoms with E-state index in [2.05, 4.69) is 5.32 Å². The Balaban J connectivity index is 1.66. The molecule has 0 unspecified atom stereocenters. The largest absolute Gasteiger partial charge is 0.481 e. The molecule has 0 spiro atoms. The highest BCUT2D eigenvalue weighted by molar-refractivity contribution is 5.94. The highest BCUT2D eigenvalue weighted by atomic mass is 19.1. The van der Waals surface area contributed by atoms with E-state index in [1.807, 2.05) is 42.5 Å². The molecule has 3 aromatic carbocycles. The van der Waals surface area contributed by atoms with Gasteiger partial charge in [-0.05, 0) is 36.2 Å². The van der Waals surface area contributed by atoms with Crippen LogP contribution >= 0.6 is 0 Å². The molecule has 0 radical (unpaired) electrons. The highest BCUT2D eigenvalue weighted by Gasteiger charge is 2.18. The van der Waals surface area contributed by atoms with Gasteiger partial charge in [-0.25, -0.2) is 4.39 Å². The highest BCUT2D eigenvalue weighted by Crippen LogP contribution is 2.24. The topological polar surface area (TPSA) is 81.5 Å². The molecule has 0 aliphatic rings. The Morgan fingerprint density at radius 1 is 1.04 bits per heavy atom. The van der Waals surface area contributed by atoms with E-state index in [4.69, 9.17) is 4.74 Å². The summed E-state index contributed by atoms with van der Waals surface area (Å²) < 4.78 is 19.4. The van der Waals surface area contributed by atoms with E-state index >= 15 is 0 Å². The van der Waals surface area contributed by atoms with Crippen LogP contribution in [0, 0.1) is 15.9 Å². The van der Waals surface area contributed by atoms with Crippen LogP contribution in [0.2, 0.25) is 0 Å². The number of anilines is 1. The molecule has 0 aliphatic carbocycles. The maximum absolute atomic E-state index is 13.8. The molecule has 0 bridgehead atoms. The van der Waals surface area contributed by atoms with Gasteiger partial charge in [-0.1, -0.05) is 42.5 Å². The molecular formula is C21H17FN2O4. The number of ether oxygens (including phenoxy) is 1. The van der Waals surface area contributed by atoms with Crippen LogP contribution in [0.5, 0.6) is 5.75 Å². The van der Waals surface area contributed by atoms with Crippen LogP contribution in [0.3, 0.4) is 0 Å². The Bertz CT molecular complexity index is 991. The van der Waals surface area contributed by atoms with Crippen LogP contribution in [-0.4, -0.2) is 16.9 Å². The summed E-state index contributed by atoms with van der Waals surface area (Å²) in [7, 11) is 0. The summed E-state index contributed by atoms with van der Waals surface area (Å²) in [5.41, 5.74) is 1.47. The van der Waals surface area contributed by atoms with Crippen molar-refractivity contribution >= 4 is 17.3 Å². The van der Waals surface area contributed by atoms with Crippen molar-refractivity contribution in [2.24, 2.45) is 0 Å². The van der Waals surface area contributed by atoms with Crippen LogP contribution in [-0.2, 0) is 4.79 Å². The number of carbonyl (C=O) groups excluding carboxylic acids is 1. The molecule has 3 rings (SSSR count). The quantitative estimate of drug-likeness (QED) is 0.492. The Hall–Kier alpha value is -3.74. The first-order chi connectivity index (χ1) is 13.4. The fraction of sp³-hybridized carbons (Fsp3) is 0.0952. The third-order valence-electron chi connectivity index (χ3n) is 4.06. The minimum absolute atomic E-state index is 0.269. The first-order valence-electron chi connectivity index (χ1n) is 8.51. The third-order valence-corrected chi connectivity index (χ3v) is 4.06. The van der Waals surface area contributed by atoms with Crippen LogP contribution in [0.1, 0.15) is 6.92 Å². The SMILES string of the molecule is C[C@H](Oc1ccc(-c2ccccc2)cc1)C(=O)Nc1cc([N+](=O)[O-])ccc1F. The smallest absolute Gasteiger partial charge is 0.271 e. The standard InChI is InChI=1S/C21H17FN2O4/c1-14(21(25)23-20-13-17(24(26)27)9-12-19(20)22)28-18-10-7-16(8-11-18)15-5-3-2-4-6-15/h2-14H,1H3,(H,23,25)/t14-/m0/s1. The zero-order valence-electron chi connectivity index (χ0n) is 15.0. The van der Waals surface area contributed by atoms with Gasteiger partial charge in [0.25, 0.3) is 11.6 Å². The average Bonchev–Trinajstić information content (AvgIpc) is 2.70. The summed E-state index contributed by atoms with van der Waals surface area (Å²) in [6, 6.07) is 19.9. The zero-order valence-corrected chi connectivity index (χ0v) is 15.0. The van der Waals surface area contributed by atoms with Crippen LogP contribution in [0.4, 0.5) is 15.8 Å². The molecule has 1 N–H and O–H groups in total. The molecule has 0 aromatic heterocycles. The van der Waals surface area contributed by atoms with Gasteiger partial charge in [-0.2, -0.15) is 0 Å². The number of halogens is 1. The van der Waals surface area contributed by atoms with Crippen LogP contribution in [0.25, 0.3) is 11.1 Å². The lowest BCUT2D eigenvalue weighted by molar-refractivity contribution is -0.384. The van der Waals surface area contributed by atoms with Gasteiger partial charge in [-0.15, -0.1) is 0 Å². The van der Waals surface area contributed by atoms with E-state index in [9.17, 15) is 19.3 Å². The van der Waals surface area contributed by atoms with Crippen molar-refractivity contribution in [1.82, 2.24) is 0 Å². The van der Waals surface area contributed by atoms with E-state index in [0.29, 0.717) is 5.75 Å². The van der Waals surface area contributed by atoms with Gasteiger partial charge in [-0.3, -0.25) is 14.9 Å². The minimum atomic E-state index is -0.929. The molecule has 0 saturated heterocycles. The number of nitrogens with one attached hydrogen (secondary N) is 1. The number of hydrogen-bond donors (Lipinski definition) is 1. The summed E-state index contributed by atoms with van der Waals surface area (Å²) in [6.45, 7) is 1.51. The summed E-state index contributed by atoms with van der Waals surface area (Å²) in [4.78, 5) is 22.4. The van der Waals surface area contributed by atoms with Gasteiger partial charge in [0.15, 0.2) is 6.10 Å². The molecule has 0 aliphatic heterocycles. The van der Waals surface area contributed by atoms with Gasteiger partial charge in [0.2, 0.25) is 0 Å². The predicted octanol–water partition coefficient (Wildman–Crippen LogP) is 4.81. The molecule has 1 amide bonds. The van der Waals surface area contributed by atoms with Gasteiger partial charge in [0.05, 0.1) is 10.6 Å². The van der Waals surface area contributed by atoms with Gasteiger partial charge >= 0.3 is 0 Å². The predicted molar refractivity (Wildman–Crippen MR) is 104 cm³/mol. The first kappa shape index (κ1) is 19.0. The van der Waals surface area contributed by atoms with Crippen LogP contribution < -0.4 is 10.1 Å². The molecule has 7 heteroatoms. The Morgan fingerprint density at radius 2 is 1.68 bits per heavy atom. The number of carbonyl (C=O) groups is 1. The number of amides is 1. The van der Waals surface area contributed by atoms with Crippen LogP contribution in [0.15, 0.2) is 72.8 Å². The summed E-state index contributed by atoms with van der Waals surface area (Å²) >= 11 is 0. The second-order valence-electron chi connectivity index (χ2n) is 6.06. The van der Waals surface area contributed by atoms with Crippen molar-refractivity contribution in [3.63, 3.8) is 0 Å². The van der Waals surface area contributed by atoms with Crippen molar-refractivity contribution in [2.75, 3.05) is 5.32 Å². The fourth-order valence-electron chi connectivity index (χ4n) is 2.57. The molecule has 142 valence electrons. The molecule has 1 atom stereocenters. The monoisotopic (exact) mass is 380 g/mol. The molecule has 3 aromatic rings. The number of rotatable bonds is 6. The minimum Gasteiger partial charge on any atom is -0.481 e. The van der Waals surface area contributed by atoms with E-state index < -0.39 is 22.8 Å². The third kappa shape index (κ3) is 4.50. The van der Waals surface area contributed by atoms with E-state index in [1.165, 1.54) is 6.92 Å². The van der Waals surface area contributed by atoms with Crippen molar-refractivity contribution < 1.29 is 18.8 Å². The molecular weight excluding hydrogens is 363 g/mol. The lowest BCUT2D eigenvalue weighted by Gasteiger charge is -2.15. The van der Waals surface area contributed by atoms with Gasteiger partial charge in [0.1, 0.15) is 11.6 Å². The lowest BCUT2D eigenvalue weighted by atomic mass is 10.1. The Morgan fingerprint density at radius 3 is 2.32 bits per heavy atom. The number of nitro benzene ring substituents is 1. The number of nitro groups is 1. The molecule has 6 nitrogen and oxygen atoms in total. The Kier molecular flexibility index (Phi) is 5.64. The Labute approximate surface area is 160 Å². The van der Waals surface area contributed by atoms with Crippen molar-refractivity contribution in [2.45, 2.75) is 13.0 Å². The summed E-state index contributed by atoms with van der Waals surface area (Å²) in [5, 5.41) is 13.1. The summed E-state index contributed by atoms with van der Waals surface area (Å²) in [6.07, 6.45) is -0.929. The molecule has 0 heterocycles. The maximum Gasteiger partial charge on any atom is 0.271 e. The number of hydrogen-bond acceptors (Lipinski definition) is 4. The second-order valence-corrected chi connectivity index (χ2v) is 6.06. The fourth-order valence-corrected chi connectivity index (χ4v) is 2.57. The van der Waals surface area contributed by atoms with E-state index in [0.717, 1.165) is 29.3 Å². The first-order valence-corrected chi connectivity index (χ1v) is 8.51. The number of benzene rings is 3. The van der Waals surface area contributed by atoms with Gasteiger partial charge in [0, 0.05) is 12.1 Å². The van der Waals surface area contributed by atoms with Crippen molar-refractivity contribution in [3.05, 3.63) is 88.7 Å². The van der Waals surface area contributed by atoms with E-state index in [1.54, 1.807) is 12.1 Å². The average molecular weight is 380 g/mol. The second kappa shape index (κ2) is 8.30. The number of nitrogens with zero attached hydrogens (tertiary/aromatic N) is 1. The van der Waals surface area contributed by atoms with Gasteiger partial charge < -0.3 is 10.1 Å². The lowest BCUT2D eigenvalue weighted by Crippen LogP contribution is -2.30. The zero-order chi connectivity index (χ0) is 20.1.